The number of rotatable bonds is 26. The lowest BCUT2D eigenvalue weighted by Gasteiger charge is -2.40. The fourth-order valence-corrected chi connectivity index (χ4v) is 10.4. The Morgan fingerprint density at radius 3 is 2.03 bits per heavy atom. The number of phenolic OH excluding ortho intramolecular Hbond substituents is 1. The summed E-state index contributed by atoms with van der Waals surface area (Å²) in [6.45, 7) is 14.6. The summed E-state index contributed by atoms with van der Waals surface area (Å²) < 4.78 is 17.3. The van der Waals surface area contributed by atoms with Crippen LogP contribution in [0, 0.1) is 23.7 Å². The van der Waals surface area contributed by atoms with Gasteiger partial charge in [-0.15, -0.1) is 0 Å². The van der Waals surface area contributed by atoms with Crippen molar-refractivity contribution in [2.45, 2.75) is 193 Å². The van der Waals surface area contributed by atoms with Crippen molar-refractivity contribution in [2.24, 2.45) is 29.4 Å². The minimum absolute atomic E-state index is 0.0868. The van der Waals surface area contributed by atoms with E-state index in [2.05, 4.69) is 53.2 Å². The van der Waals surface area contributed by atoms with E-state index < -0.39 is 204 Å². The summed E-state index contributed by atoms with van der Waals surface area (Å²) in [5, 5.41) is 76.9. The van der Waals surface area contributed by atoms with Crippen LogP contribution >= 0.6 is 0 Å². The second-order valence-electron chi connectivity index (χ2n) is 25.1. The molecule has 2 aliphatic rings. The molecule has 2 fully saturated rings. The van der Waals surface area contributed by atoms with Crippen molar-refractivity contribution in [3.63, 3.8) is 0 Å². The molecule has 0 aromatic heterocycles. The number of amides is 12. The zero-order valence-corrected chi connectivity index (χ0v) is 57.9. The second-order valence-corrected chi connectivity index (χ2v) is 25.1. The smallest absolute Gasteiger partial charge is 0.329 e. The summed E-state index contributed by atoms with van der Waals surface area (Å²) in [5.41, 5.74) is 3.63. The van der Waals surface area contributed by atoms with Crippen molar-refractivity contribution in [2.75, 3.05) is 40.5 Å². The van der Waals surface area contributed by atoms with E-state index in [9.17, 15) is 68.7 Å². The number of methoxy groups -OCH3 is 2. The molecule has 12 amide bonds. The quantitative estimate of drug-likeness (QED) is 0.0243. The second kappa shape index (κ2) is 38.9. The fourth-order valence-electron chi connectivity index (χ4n) is 10.4. The largest absolute Gasteiger partial charge is 0.508 e. The minimum atomic E-state index is -2.45. The highest BCUT2D eigenvalue weighted by molar-refractivity contribution is 6.03. The van der Waals surface area contributed by atoms with Gasteiger partial charge in [-0.1, -0.05) is 90.0 Å². The van der Waals surface area contributed by atoms with Gasteiger partial charge in [0.2, 0.25) is 59.1 Å². The van der Waals surface area contributed by atoms with E-state index in [1.807, 2.05) is 19.9 Å². The molecule has 33 heteroatoms. The van der Waals surface area contributed by atoms with Crippen LogP contribution in [-0.2, 0) is 76.5 Å². The highest BCUT2D eigenvalue weighted by atomic mass is 16.5. The number of esters is 1. The van der Waals surface area contributed by atoms with Gasteiger partial charge in [-0.2, -0.15) is 0 Å². The first-order valence-electron chi connectivity index (χ1n) is 32.3. The number of primary amides is 1. The third kappa shape index (κ3) is 24.0. The number of hydrogen-bond donors (Lipinski definition) is 16. The van der Waals surface area contributed by atoms with Crippen LogP contribution in [-0.4, -0.2) is 226 Å². The maximum Gasteiger partial charge on any atom is 0.329 e. The molecule has 0 bridgehead atoms. The monoisotopic (exact) mass is 1380 g/mol. The Morgan fingerprint density at radius 2 is 1.47 bits per heavy atom. The van der Waals surface area contributed by atoms with Gasteiger partial charge in [0.25, 0.3) is 11.8 Å². The van der Waals surface area contributed by atoms with Crippen molar-refractivity contribution in [3.05, 3.63) is 65.4 Å². The first kappa shape index (κ1) is 83.3. The molecule has 2 aliphatic heterocycles. The summed E-state index contributed by atoms with van der Waals surface area (Å²) in [4.78, 5) is 184. The predicted molar refractivity (Wildman–Crippen MR) is 351 cm³/mol. The molecule has 0 radical (unpaired) electrons. The Balaban J connectivity index is 2.15. The number of nitrogens with one attached hydrogen (secondary N) is 10. The number of carbonyl (C=O) groups is 13. The van der Waals surface area contributed by atoms with Crippen LogP contribution in [0.4, 0.5) is 0 Å². The Bertz CT molecular complexity index is 3100. The number of nitrogens with zero attached hydrogens (tertiary/aromatic N) is 1. The normalized spacial score (nSPS) is 24.1. The third-order valence-corrected chi connectivity index (χ3v) is 16.8. The Kier molecular flexibility index (Phi) is 33.1. The lowest BCUT2D eigenvalue weighted by molar-refractivity contribution is -0.168. The zero-order valence-electron chi connectivity index (χ0n) is 57.9. The minimum Gasteiger partial charge on any atom is -0.508 e. The van der Waals surface area contributed by atoms with E-state index in [0.717, 1.165) is 43.9 Å². The molecule has 0 aliphatic carbocycles. The molecule has 1 aromatic rings. The fraction of sp³-hybridized carbons (Fsp3) is 0.615. The van der Waals surface area contributed by atoms with Gasteiger partial charge in [0.1, 0.15) is 78.1 Å². The number of aliphatic hydroxyl groups excluding tert-OH is 3. The number of allylic oxidation sites excluding steroid dienone is 4. The Labute approximate surface area is 569 Å². The standard InChI is InChI=1S/C65H100N12O21/c1-15-32(5)27-33(6)20-25-44(81)65(12,95)64(94)68-29-46(83)72-48(37(10)78)59(89)70-41(16-2)57(87)73-47(34(7)35(8)54(66)84)58(88)75-50-52(31(3)4)98-63(93)43-19-17-18-26-77(43)62(92)51(53(97-14)39-21-23-40(80)24-22-39)76-60(90)49(38(11)79)74-55(85)36(9)69-45(82)28-67-56(86)42(30-96-13)71-61(50)91/h16,20-25,27,31-32,34-38,42-44,47-53,78-81,95H,15,17-19,26,28-30H2,1-14H3,(H2,66,84)(H,67,86)(H,68,94)(H,69,82)(H,70,89)(H,71,91)(H,72,83)(H,73,87)(H,74,85)(H,75,88)(H,76,90)/b25-20-,33-27+,41-16+/t32?,34-,35+,36-,37+,38+,42+,43-,44?,47-,48+,49+,50+,51?,52+,53?,65?/m0/s1. The van der Waals surface area contributed by atoms with Crippen LogP contribution in [0.5, 0.6) is 5.75 Å². The van der Waals surface area contributed by atoms with Gasteiger partial charge in [-0.05, 0) is 96.3 Å². The van der Waals surface area contributed by atoms with Crippen molar-refractivity contribution in [1.29, 1.82) is 0 Å². The molecule has 3 rings (SSSR count). The van der Waals surface area contributed by atoms with Gasteiger partial charge in [-0.3, -0.25) is 57.5 Å². The van der Waals surface area contributed by atoms with Gasteiger partial charge in [0.15, 0.2) is 5.60 Å². The first-order valence-corrected chi connectivity index (χ1v) is 32.3. The SMILES string of the molecule is C/C=C(/NC(=O)[C@H](NC(=O)CNC(=O)C(C)(O)C(O)/C=C\C(C)=C\C(C)CC)[C@@H](C)O)C(=O)N[C@H](C(=O)N[C@H]1C(=O)N[C@H](COC)C(=O)NCC(=O)N[C@@H](C)C(=O)N[C@H]([C@@H](C)O)C(=O)NC(C(OC)c2ccc(O)cc2)C(=O)N2CCCC[C@H]2C(=O)O[C@@H]1C(C)C)[C@@H](C)[C@@H](C)C(N)=O. The van der Waals surface area contributed by atoms with Crippen LogP contribution in [0.1, 0.15) is 120 Å². The molecule has 2 heterocycles. The number of piperidine rings is 1. The van der Waals surface area contributed by atoms with Crippen molar-refractivity contribution in [1.82, 2.24) is 58.1 Å². The van der Waals surface area contributed by atoms with Gasteiger partial charge in [0.05, 0.1) is 31.9 Å². The maximum atomic E-state index is 15.3. The summed E-state index contributed by atoms with van der Waals surface area (Å²) in [6, 6.07) is -8.79. The average molecular weight is 1390 g/mol. The molecule has 0 saturated carbocycles. The maximum absolute atomic E-state index is 15.3. The van der Waals surface area contributed by atoms with Crippen LogP contribution < -0.4 is 58.9 Å². The molecule has 2 saturated heterocycles. The number of benzene rings is 1. The van der Waals surface area contributed by atoms with Crippen LogP contribution in [0.25, 0.3) is 0 Å². The van der Waals surface area contributed by atoms with Gasteiger partial charge < -0.3 is 104 Å². The first-order chi connectivity index (χ1) is 45.9. The van der Waals surface area contributed by atoms with Crippen molar-refractivity contribution >= 4 is 76.9 Å². The molecular formula is C65H100N12O21. The molecule has 98 heavy (non-hydrogen) atoms. The molecular weight excluding hydrogens is 1280 g/mol. The highest BCUT2D eigenvalue weighted by Gasteiger charge is 2.47. The van der Waals surface area contributed by atoms with E-state index >= 15 is 19.2 Å². The molecule has 1 aromatic carbocycles. The highest BCUT2D eigenvalue weighted by Crippen LogP contribution is 2.29. The van der Waals surface area contributed by atoms with Crippen LogP contribution in [0.2, 0.25) is 0 Å². The van der Waals surface area contributed by atoms with Gasteiger partial charge >= 0.3 is 5.97 Å². The molecule has 17 N–H and O–H groups in total. The van der Waals surface area contributed by atoms with Crippen LogP contribution in [0.3, 0.4) is 0 Å². The van der Waals surface area contributed by atoms with E-state index in [1.165, 1.54) is 92.0 Å². The molecule has 546 valence electrons. The number of ether oxygens (including phenoxy) is 3. The molecule has 17 atom stereocenters. The Hall–Kier alpha value is -8.89. The van der Waals surface area contributed by atoms with E-state index in [-0.39, 0.29) is 30.2 Å². The number of aliphatic hydroxyl groups is 4. The zero-order chi connectivity index (χ0) is 74.2. The molecule has 5 unspecified atom stereocenters. The predicted octanol–water partition coefficient (Wildman–Crippen LogP) is -3.47. The summed E-state index contributed by atoms with van der Waals surface area (Å²) in [5.74, 6) is -18.1. The molecule has 33 nitrogen and oxygen atoms in total. The molecule has 0 spiro atoms. The van der Waals surface area contributed by atoms with Gasteiger partial charge in [-0.25, -0.2) is 4.79 Å². The average Bonchev–Trinajstić information content (AvgIpc) is 0.801. The number of cyclic esters (lactones) is 1. The Morgan fingerprint density at radius 1 is 0.837 bits per heavy atom. The number of hydrogen-bond acceptors (Lipinski definition) is 21. The summed E-state index contributed by atoms with van der Waals surface area (Å²) in [7, 11) is 2.36. The lowest BCUT2D eigenvalue weighted by atomic mass is 9.87. The topological polar surface area (TPSA) is 500 Å². The number of carbonyl (C=O) groups excluding carboxylic acids is 13. The number of fused-ring (bicyclic) bond motifs is 1. The van der Waals surface area contributed by atoms with Crippen molar-refractivity contribution in [3.8, 4) is 5.75 Å². The summed E-state index contributed by atoms with van der Waals surface area (Å²) >= 11 is 0. The number of phenols is 1. The van der Waals surface area contributed by atoms with E-state index in [4.69, 9.17) is 19.9 Å². The van der Waals surface area contributed by atoms with Crippen LogP contribution in [0.15, 0.2) is 59.8 Å². The lowest BCUT2D eigenvalue weighted by Crippen LogP contribution is -2.64. The van der Waals surface area contributed by atoms with Gasteiger partial charge in [0, 0.05) is 26.7 Å². The number of aromatic hydroxyl groups is 1. The van der Waals surface area contributed by atoms with E-state index in [1.54, 1.807) is 6.92 Å². The third-order valence-electron chi connectivity index (χ3n) is 16.8. The van der Waals surface area contributed by atoms with Crippen molar-refractivity contribution < 1.29 is 102 Å². The van der Waals surface area contributed by atoms with E-state index in [0.29, 0.717) is 12.8 Å². The summed E-state index contributed by atoms with van der Waals surface area (Å²) in [6.07, 6.45) is -1.20. The number of nitrogens with two attached hydrogens (primary N) is 1.